The van der Waals surface area contributed by atoms with E-state index in [1.165, 1.54) is 0 Å². The zero-order valence-electron chi connectivity index (χ0n) is 13.6. The lowest BCUT2D eigenvalue weighted by atomic mass is 10.2. The first-order valence-electron chi connectivity index (χ1n) is 8.32. The molecule has 0 N–H and O–H groups in total. The van der Waals surface area contributed by atoms with E-state index in [1.807, 2.05) is 42.5 Å². The van der Waals surface area contributed by atoms with Gasteiger partial charge in [-0.05, 0) is 49.2 Å². The van der Waals surface area contributed by atoms with Gasteiger partial charge in [-0.3, -0.25) is 4.57 Å². The minimum Gasteiger partial charge on any atom is -0.377 e. The Morgan fingerprint density at radius 1 is 1.08 bits per heavy atom. The van der Waals surface area contributed by atoms with Crippen molar-refractivity contribution in [3.8, 4) is 17.1 Å². The summed E-state index contributed by atoms with van der Waals surface area (Å²) < 4.78 is 7.83. The number of benzene rings is 2. The highest BCUT2D eigenvalue weighted by Crippen LogP contribution is 2.30. The number of aromatic nitrogens is 3. The molecular formula is C19H18ClN3OS. The number of thioether (sulfide) groups is 1. The summed E-state index contributed by atoms with van der Waals surface area (Å²) in [6.45, 7) is 0.868. The maximum Gasteiger partial charge on any atom is 0.196 e. The maximum absolute atomic E-state index is 6.02. The fourth-order valence-electron chi connectivity index (χ4n) is 2.90. The smallest absolute Gasteiger partial charge is 0.196 e. The Hall–Kier alpha value is -1.82. The van der Waals surface area contributed by atoms with Crippen molar-refractivity contribution < 1.29 is 4.74 Å². The topological polar surface area (TPSA) is 39.9 Å². The molecule has 2 aromatic carbocycles. The van der Waals surface area contributed by atoms with Gasteiger partial charge in [0.2, 0.25) is 0 Å². The van der Waals surface area contributed by atoms with Gasteiger partial charge in [-0.1, -0.05) is 41.6 Å². The summed E-state index contributed by atoms with van der Waals surface area (Å²) >= 11 is 7.72. The van der Waals surface area contributed by atoms with Crippen molar-refractivity contribution in [3.63, 3.8) is 0 Å². The number of ether oxygens (including phenoxy) is 1. The predicted molar refractivity (Wildman–Crippen MR) is 102 cm³/mol. The first-order chi connectivity index (χ1) is 12.3. The molecule has 0 saturated carbocycles. The van der Waals surface area contributed by atoms with Gasteiger partial charge in [-0.2, -0.15) is 0 Å². The van der Waals surface area contributed by atoms with Gasteiger partial charge in [0.05, 0.1) is 6.10 Å². The normalized spacial score (nSPS) is 17.1. The molecule has 1 saturated heterocycles. The zero-order valence-corrected chi connectivity index (χ0v) is 15.2. The molecule has 1 fully saturated rings. The first kappa shape index (κ1) is 16.6. The highest BCUT2D eigenvalue weighted by atomic mass is 35.5. The lowest BCUT2D eigenvalue weighted by Gasteiger charge is -2.12. The van der Waals surface area contributed by atoms with Crippen LogP contribution in [0.3, 0.4) is 0 Å². The average molecular weight is 372 g/mol. The molecule has 3 aromatic rings. The van der Waals surface area contributed by atoms with Crippen molar-refractivity contribution >= 4 is 23.4 Å². The summed E-state index contributed by atoms with van der Waals surface area (Å²) in [5.74, 6) is 1.71. The van der Waals surface area contributed by atoms with Crippen LogP contribution >= 0.6 is 23.4 Å². The largest absolute Gasteiger partial charge is 0.377 e. The van der Waals surface area contributed by atoms with Crippen LogP contribution < -0.4 is 0 Å². The van der Waals surface area contributed by atoms with Gasteiger partial charge in [-0.25, -0.2) is 0 Å². The van der Waals surface area contributed by atoms with E-state index in [0.29, 0.717) is 11.1 Å². The Labute approximate surface area is 156 Å². The van der Waals surface area contributed by atoms with Crippen molar-refractivity contribution in [2.24, 2.45) is 0 Å². The summed E-state index contributed by atoms with van der Waals surface area (Å²) in [6, 6.07) is 17.9. The predicted octanol–water partition coefficient (Wildman–Crippen LogP) is 4.86. The molecule has 0 amide bonds. The zero-order chi connectivity index (χ0) is 17.1. The van der Waals surface area contributed by atoms with Crippen LogP contribution in [0.25, 0.3) is 17.1 Å². The molecule has 6 heteroatoms. The molecule has 2 heterocycles. The Balaban J connectivity index is 1.70. The van der Waals surface area contributed by atoms with E-state index in [1.54, 1.807) is 11.8 Å². The van der Waals surface area contributed by atoms with E-state index in [0.717, 1.165) is 47.4 Å². The van der Waals surface area contributed by atoms with Crippen LogP contribution in [-0.2, 0) is 4.74 Å². The molecule has 25 heavy (non-hydrogen) atoms. The lowest BCUT2D eigenvalue weighted by Crippen LogP contribution is -2.09. The second kappa shape index (κ2) is 7.60. The monoisotopic (exact) mass is 371 g/mol. The summed E-state index contributed by atoms with van der Waals surface area (Å²) in [6.07, 6.45) is 2.58. The fraction of sp³-hybridized carbons (Fsp3) is 0.263. The van der Waals surface area contributed by atoms with Crippen molar-refractivity contribution in [1.29, 1.82) is 0 Å². The van der Waals surface area contributed by atoms with E-state index >= 15 is 0 Å². The molecule has 0 radical (unpaired) electrons. The van der Waals surface area contributed by atoms with Gasteiger partial charge < -0.3 is 4.74 Å². The molecule has 1 aliphatic heterocycles. The molecule has 0 spiro atoms. The van der Waals surface area contributed by atoms with E-state index in [4.69, 9.17) is 16.3 Å². The van der Waals surface area contributed by atoms with Gasteiger partial charge >= 0.3 is 0 Å². The van der Waals surface area contributed by atoms with Gasteiger partial charge in [0.1, 0.15) is 0 Å². The highest BCUT2D eigenvalue weighted by Gasteiger charge is 2.20. The fourth-order valence-corrected chi connectivity index (χ4v) is 4.05. The van der Waals surface area contributed by atoms with Crippen LogP contribution in [0.2, 0.25) is 5.02 Å². The molecule has 1 aliphatic rings. The Kier molecular flexibility index (Phi) is 5.06. The molecule has 0 aliphatic carbocycles. The lowest BCUT2D eigenvalue weighted by molar-refractivity contribution is 0.129. The number of nitrogens with zero attached hydrogens (tertiary/aromatic N) is 3. The molecular weight excluding hydrogens is 354 g/mol. The summed E-state index contributed by atoms with van der Waals surface area (Å²) in [4.78, 5) is 0. The minimum atomic E-state index is 0.310. The highest BCUT2D eigenvalue weighted by molar-refractivity contribution is 7.99. The number of hydrogen-bond donors (Lipinski definition) is 0. The number of para-hydroxylation sites is 1. The molecule has 4 rings (SSSR count). The van der Waals surface area contributed by atoms with Crippen molar-refractivity contribution in [2.75, 3.05) is 12.4 Å². The third-order valence-electron chi connectivity index (χ3n) is 4.17. The summed E-state index contributed by atoms with van der Waals surface area (Å²) in [5, 5.41) is 10.5. The molecule has 1 atom stereocenters. The molecule has 0 bridgehead atoms. The second-order valence-corrected chi connectivity index (χ2v) is 7.35. The molecule has 1 aromatic heterocycles. The van der Waals surface area contributed by atoms with E-state index in [2.05, 4.69) is 26.9 Å². The first-order valence-corrected chi connectivity index (χ1v) is 9.69. The van der Waals surface area contributed by atoms with E-state index < -0.39 is 0 Å². The van der Waals surface area contributed by atoms with Gasteiger partial charge in [0.25, 0.3) is 0 Å². The molecule has 128 valence electrons. The summed E-state index contributed by atoms with van der Waals surface area (Å²) in [5.41, 5.74) is 2.04. The molecule has 1 unspecified atom stereocenters. The van der Waals surface area contributed by atoms with E-state index in [9.17, 15) is 0 Å². The third kappa shape index (κ3) is 3.73. The summed E-state index contributed by atoms with van der Waals surface area (Å²) in [7, 11) is 0. The van der Waals surface area contributed by atoms with Crippen LogP contribution in [0.4, 0.5) is 0 Å². The van der Waals surface area contributed by atoms with Crippen molar-refractivity contribution in [1.82, 2.24) is 14.8 Å². The Morgan fingerprint density at radius 3 is 2.60 bits per heavy atom. The third-order valence-corrected chi connectivity index (χ3v) is 5.49. The van der Waals surface area contributed by atoms with Crippen LogP contribution in [0.1, 0.15) is 12.8 Å². The number of hydrogen-bond acceptors (Lipinski definition) is 4. The quantitative estimate of drug-likeness (QED) is 0.600. The van der Waals surface area contributed by atoms with Crippen molar-refractivity contribution in [3.05, 3.63) is 59.6 Å². The standard InChI is InChI=1S/C19H18ClN3OS/c20-15-10-8-14(9-11-15)18-21-22-19(25-13-17-7-4-12-24-17)23(18)16-5-2-1-3-6-16/h1-3,5-6,8-11,17H,4,7,12-13H2. The minimum absolute atomic E-state index is 0.310. The second-order valence-electron chi connectivity index (χ2n) is 5.93. The van der Waals surface area contributed by atoms with Gasteiger partial charge in [0.15, 0.2) is 11.0 Å². The van der Waals surface area contributed by atoms with Gasteiger partial charge in [0, 0.05) is 28.6 Å². The van der Waals surface area contributed by atoms with E-state index in [-0.39, 0.29) is 0 Å². The average Bonchev–Trinajstić information content (AvgIpc) is 3.31. The molecule has 4 nitrogen and oxygen atoms in total. The van der Waals surface area contributed by atoms with Crippen LogP contribution in [0.5, 0.6) is 0 Å². The number of rotatable bonds is 5. The maximum atomic E-state index is 6.02. The Morgan fingerprint density at radius 2 is 1.88 bits per heavy atom. The van der Waals surface area contributed by atoms with Crippen molar-refractivity contribution in [2.45, 2.75) is 24.1 Å². The SMILES string of the molecule is Clc1ccc(-c2nnc(SCC3CCCO3)n2-c2ccccc2)cc1. The Bertz CT molecular complexity index is 830. The van der Waals surface area contributed by atoms with Crippen LogP contribution in [-0.4, -0.2) is 33.2 Å². The van der Waals surface area contributed by atoms with Gasteiger partial charge in [-0.15, -0.1) is 10.2 Å². The number of halogens is 1. The van der Waals surface area contributed by atoms with Crippen LogP contribution in [0, 0.1) is 0 Å². The van der Waals surface area contributed by atoms with Crippen LogP contribution in [0.15, 0.2) is 59.8 Å².